The van der Waals surface area contributed by atoms with E-state index in [2.05, 4.69) is 10.6 Å². The number of carbonyl (C=O) groups excluding carboxylic acids is 1. The van der Waals surface area contributed by atoms with Gasteiger partial charge in [0.1, 0.15) is 0 Å². The maximum absolute atomic E-state index is 11.7. The Kier molecular flexibility index (Phi) is 5.88. The summed E-state index contributed by atoms with van der Waals surface area (Å²) in [4.78, 5) is 11.7. The lowest BCUT2D eigenvalue weighted by Gasteiger charge is -2.27. The van der Waals surface area contributed by atoms with Crippen LogP contribution in [0.15, 0.2) is 0 Å². The minimum atomic E-state index is -0.776. The molecule has 0 aromatic carbocycles. The normalized spacial score (nSPS) is 21.2. The molecule has 1 unspecified atom stereocenters. The first-order valence-electron chi connectivity index (χ1n) is 6.41. The average Bonchev–Trinajstić information content (AvgIpc) is 2.37. The summed E-state index contributed by atoms with van der Waals surface area (Å²) in [5.41, 5.74) is -0.776. The van der Waals surface area contributed by atoms with Crippen molar-refractivity contribution in [2.75, 3.05) is 26.2 Å². The van der Waals surface area contributed by atoms with Crippen LogP contribution in [0.4, 0.5) is 0 Å². The molecular weight excluding hydrogens is 220 g/mol. The third kappa shape index (κ3) is 5.02. The zero-order valence-corrected chi connectivity index (χ0v) is 10.8. The first kappa shape index (κ1) is 14.4. The SMILES string of the molecule is CCC(O)(CC)CNC(=O)CC1CNCCO1. The van der Waals surface area contributed by atoms with Crippen molar-refractivity contribution >= 4 is 5.91 Å². The molecule has 1 fully saturated rings. The molecule has 0 aliphatic carbocycles. The van der Waals surface area contributed by atoms with Crippen molar-refractivity contribution in [1.29, 1.82) is 0 Å². The van der Waals surface area contributed by atoms with Gasteiger partial charge in [0.2, 0.25) is 5.91 Å². The van der Waals surface area contributed by atoms with Crippen LogP contribution in [0.2, 0.25) is 0 Å². The van der Waals surface area contributed by atoms with Crippen LogP contribution >= 0.6 is 0 Å². The predicted molar refractivity (Wildman–Crippen MR) is 65.8 cm³/mol. The second-order valence-corrected chi connectivity index (χ2v) is 4.61. The van der Waals surface area contributed by atoms with E-state index in [1.54, 1.807) is 0 Å². The molecule has 1 aliphatic heterocycles. The highest BCUT2D eigenvalue weighted by Crippen LogP contribution is 2.13. The van der Waals surface area contributed by atoms with E-state index < -0.39 is 5.60 Å². The maximum Gasteiger partial charge on any atom is 0.222 e. The molecule has 0 bridgehead atoms. The standard InChI is InChI=1S/C12H24N2O3/c1-3-12(16,4-2)9-14-11(15)7-10-8-13-5-6-17-10/h10,13,16H,3-9H2,1-2H3,(H,14,15). The zero-order chi connectivity index (χ0) is 12.7. The highest BCUT2D eigenvalue weighted by molar-refractivity contribution is 5.76. The van der Waals surface area contributed by atoms with E-state index in [1.165, 1.54) is 0 Å². The molecule has 1 rings (SSSR count). The molecule has 5 nitrogen and oxygen atoms in total. The summed E-state index contributed by atoms with van der Waals surface area (Å²) in [6, 6.07) is 0. The van der Waals surface area contributed by atoms with Gasteiger partial charge in [0.25, 0.3) is 0 Å². The van der Waals surface area contributed by atoms with Gasteiger partial charge in [-0.15, -0.1) is 0 Å². The van der Waals surface area contributed by atoms with E-state index in [4.69, 9.17) is 4.74 Å². The molecule has 0 aromatic heterocycles. The van der Waals surface area contributed by atoms with Crippen LogP contribution < -0.4 is 10.6 Å². The molecule has 5 heteroatoms. The van der Waals surface area contributed by atoms with Gasteiger partial charge in [-0.25, -0.2) is 0 Å². The average molecular weight is 244 g/mol. The lowest BCUT2D eigenvalue weighted by atomic mass is 9.97. The fourth-order valence-corrected chi connectivity index (χ4v) is 1.79. The molecule has 3 N–H and O–H groups in total. The Balaban J connectivity index is 2.24. The van der Waals surface area contributed by atoms with Crippen LogP contribution in [-0.4, -0.2) is 49.0 Å². The van der Waals surface area contributed by atoms with Gasteiger partial charge in [-0.05, 0) is 12.8 Å². The van der Waals surface area contributed by atoms with Gasteiger partial charge < -0.3 is 20.5 Å². The van der Waals surface area contributed by atoms with Crippen LogP contribution in [0.1, 0.15) is 33.1 Å². The summed E-state index contributed by atoms with van der Waals surface area (Å²) < 4.78 is 5.45. The largest absolute Gasteiger partial charge is 0.388 e. The topological polar surface area (TPSA) is 70.6 Å². The van der Waals surface area contributed by atoms with Gasteiger partial charge in [-0.3, -0.25) is 4.79 Å². The monoisotopic (exact) mass is 244 g/mol. The molecule has 0 saturated carbocycles. The summed E-state index contributed by atoms with van der Waals surface area (Å²) in [5, 5.41) is 16.0. The van der Waals surface area contributed by atoms with Crippen molar-refractivity contribution in [1.82, 2.24) is 10.6 Å². The Hall–Kier alpha value is -0.650. The fraction of sp³-hybridized carbons (Fsp3) is 0.917. The van der Waals surface area contributed by atoms with Crippen molar-refractivity contribution in [2.24, 2.45) is 0 Å². The number of morpholine rings is 1. The van der Waals surface area contributed by atoms with E-state index in [0.29, 0.717) is 32.4 Å². The van der Waals surface area contributed by atoms with Crippen LogP contribution in [-0.2, 0) is 9.53 Å². The second kappa shape index (κ2) is 6.93. The third-order valence-electron chi connectivity index (χ3n) is 3.35. The highest BCUT2D eigenvalue weighted by atomic mass is 16.5. The fourth-order valence-electron chi connectivity index (χ4n) is 1.79. The molecule has 1 aliphatic rings. The Bertz CT molecular complexity index is 236. The smallest absolute Gasteiger partial charge is 0.222 e. The van der Waals surface area contributed by atoms with Crippen molar-refractivity contribution < 1.29 is 14.6 Å². The summed E-state index contributed by atoms with van der Waals surface area (Å²) in [7, 11) is 0. The minimum absolute atomic E-state index is 0.0416. The molecule has 1 amide bonds. The van der Waals surface area contributed by atoms with Crippen LogP contribution in [0.25, 0.3) is 0 Å². The van der Waals surface area contributed by atoms with Gasteiger partial charge in [0, 0.05) is 19.6 Å². The summed E-state index contributed by atoms with van der Waals surface area (Å²) in [6.45, 7) is 6.39. The van der Waals surface area contributed by atoms with E-state index in [1.807, 2.05) is 13.8 Å². The first-order valence-corrected chi connectivity index (χ1v) is 6.41. The number of hydrogen-bond acceptors (Lipinski definition) is 4. The Morgan fingerprint density at radius 2 is 2.24 bits per heavy atom. The first-order chi connectivity index (χ1) is 8.09. The van der Waals surface area contributed by atoms with Crippen LogP contribution in [0.5, 0.6) is 0 Å². The Labute approximate surface area is 103 Å². The minimum Gasteiger partial charge on any atom is -0.388 e. The van der Waals surface area contributed by atoms with E-state index >= 15 is 0 Å². The quantitative estimate of drug-likeness (QED) is 0.616. The molecule has 100 valence electrons. The van der Waals surface area contributed by atoms with Gasteiger partial charge in [-0.1, -0.05) is 13.8 Å². The van der Waals surface area contributed by atoms with Crippen LogP contribution in [0.3, 0.4) is 0 Å². The van der Waals surface area contributed by atoms with Crippen LogP contribution in [0, 0.1) is 0 Å². The second-order valence-electron chi connectivity index (χ2n) is 4.61. The van der Waals surface area contributed by atoms with Gasteiger partial charge in [0.15, 0.2) is 0 Å². The molecule has 1 saturated heterocycles. The van der Waals surface area contributed by atoms with Crippen molar-refractivity contribution in [3.63, 3.8) is 0 Å². The van der Waals surface area contributed by atoms with Crippen molar-refractivity contribution in [3.05, 3.63) is 0 Å². The molecule has 1 atom stereocenters. The van der Waals surface area contributed by atoms with Gasteiger partial charge in [-0.2, -0.15) is 0 Å². The molecule has 0 radical (unpaired) electrons. The third-order valence-corrected chi connectivity index (χ3v) is 3.35. The highest BCUT2D eigenvalue weighted by Gasteiger charge is 2.24. The number of rotatable bonds is 6. The number of amides is 1. The molecule has 17 heavy (non-hydrogen) atoms. The Morgan fingerprint density at radius 3 is 2.76 bits per heavy atom. The molecular formula is C12H24N2O3. The number of hydrogen-bond donors (Lipinski definition) is 3. The number of carbonyl (C=O) groups is 1. The van der Waals surface area contributed by atoms with Crippen molar-refractivity contribution in [3.8, 4) is 0 Å². The lowest BCUT2D eigenvalue weighted by Crippen LogP contribution is -2.45. The summed E-state index contributed by atoms with van der Waals surface area (Å²) in [6.07, 6.45) is 1.60. The predicted octanol–water partition coefficient (Wildman–Crippen LogP) is 0.0322. The summed E-state index contributed by atoms with van der Waals surface area (Å²) >= 11 is 0. The van der Waals surface area contributed by atoms with Gasteiger partial charge in [0.05, 0.1) is 24.7 Å². The maximum atomic E-state index is 11.7. The summed E-state index contributed by atoms with van der Waals surface area (Å²) in [5.74, 6) is -0.0565. The molecule has 0 spiro atoms. The number of aliphatic hydroxyl groups is 1. The number of nitrogens with one attached hydrogen (secondary N) is 2. The zero-order valence-electron chi connectivity index (χ0n) is 10.8. The number of ether oxygens (including phenoxy) is 1. The molecule has 0 aromatic rings. The van der Waals surface area contributed by atoms with Gasteiger partial charge >= 0.3 is 0 Å². The molecule has 1 heterocycles. The van der Waals surface area contributed by atoms with E-state index in [9.17, 15) is 9.90 Å². The lowest BCUT2D eigenvalue weighted by molar-refractivity contribution is -0.125. The van der Waals surface area contributed by atoms with E-state index in [-0.39, 0.29) is 12.0 Å². The van der Waals surface area contributed by atoms with E-state index in [0.717, 1.165) is 13.1 Å². The van der Waals surface area contributed by atoms with Crippen molar-refractivity contribution in [2.45, 2.75) is 44.8 Å². The Morgan fingerprint density at radius 1 is 1.53 bits per heavy atom.